The van der Waals surface area contributed by atoms with Gasteiger partial charge in [-0.25, -0.2) is 0 Å². The SMILES string of the molecule is CC(C)c1ccccc1N1C=CC(c2cc[n+](-c3ccccc3OC(F)(F)F)cc2)=CC1. The summed E-state index contributed by atoms with van der Waals surface area (Å²) >= 11 is 0. The van der Waals surface area contributed by atoms with Gasteiger partial charge in [-0.05, 0) is 40.8 Å². The number of rotatable bonds is 5. The van der Waals surface area contributed by atoms with Crippen LogP contribution in [0.2, 0.25) is 0 Å². The number of pyridine rings is 1. The van der Waals surface area contributed by atoms with Crippen molar-refractivity contribution in [2.45, 2.75) is 26.1 Å². The maximum Gasteiger partial charge on any atom is 0.573 e. The van der Waals surface area contributed by atoms with E-state index >= 15 is 0 Å². The maximum atomic E-state index is 12.7. The van der Waals surface area contributed by atoms with Gasteiger partial charge in [0.05, 0.1) is 0 Å². The molecule has 2 aromatic carbocycles. The van der Waals surface area contributed by atoms with Gasteiger partial charge in [0.25, 0.3) is 5.69 Å². The van der Waals surface area contributed by atoms with Crippen molar-refractivity contribution in [2.24, 2.45) is 0 Å². The Morgan fingerprint density at radius 3 is 2.28 bits per heavy atom. The van der Waals surface area contributed by atoms with Crippen molar-refractivity contribution in [3.63, 3.8) is 0 Å². The number of allylic oxidation sites excluding steroid dienone is 2. The standard InChI is InChI=1S/C26H24F3N2O/c1-19(2)22-7-3-4-8-23(22)30-15-11-20(12-16-30)21-13-17-31(18-14-21)24-9-5-6-10-25(24)32-26(27,28)29/h3-15,17-19H,16H2,1-2H3/q+1. The van der Waals surface area contributed by atoms with Gasteiger partial charge in [-0.15, -0.1) is 13.2 Å². The van der Waals surface area contributed by atoms with E-state index in [0.29, 0.717) is 11.6 Å². The molecule has 0 radical (unpaired) electrons. The minimum Gasteiger partial charge on any atom is -0.399 e. The molecule has 6 heteroatoms. The fourth-order valence-electron chi connectivity index (χ4n) is 3.79. The predicted molar refractivity (Wildman–Crippen MR) is 120 cm³/mol. The number of alkyl halides is 3. The molecule has 0 amide bonds. The summed E-state index contributed by atoms with van der Waals surface area (Å²) in [7, 11) is 0. The van der Waals surface area contributed by atoms with E-state index in [-0.39, 0.29) is 5.75 Å². The van der Waals surface area contributed by atoms with Gasteiger partial charge in [0.2, 0.25) is 5.75 Å². The van der Waals surface area contributed by atoms with E-state index in [9.17, 15) is 13.2 Å². The zero-order chi connectivity index (χ0) is 22.7. The Balaban J connectivity index is 1.53. The highest BCUT2D eigenvalue weighted by Gasteiger charge is 2.33. The van der Waals surface area contributed by atoms with Gasteiger partial charge in [0.1, 0.15) is 0 Å². The third-order valence-electron chi connectivity index (χ3n) is 5.34. The first-order chi connectivity index (χ1) is 15.3. The second-order valence-corrected chi connectivity index (χ2v) is 7.85. The van der Waals surface area contributed by atoms with Gasteiger partial charge in [0, 0.05) is 36.6 Å². The fourth-order valence-corrected chi connectivity index (χ4v) is 3.79. The van der Waals surface area contributed by atoms with Crippen molar-refractivity contribution in [3.05, 3.63) is 103 Å². The van der Waals surface area contributed by atoms with Crippen LogP contribution in [0, 0.1) is 0 Å². The van der Waals surface area contributed by atoms with Gasteiger partial charge in [0.15, 0.2) is 12.4 Å². The highest BCUT2D eigenvalue weighted by atomic mass is 19.4. The van der Waals surface area contributed by atoms with Gasteiger partial charge >= 0.3 is 6.36 Å². The number of hydrogen-bond donors (Lipinski definition) is 0. The van der Waals surface area contributed by atoms with E-state index in [2.05, 4.69) is 60.0 Å². The lowest BCUT2D eigenvalue weighted by Crippen LogP contribution is -2.31. The second kappa shape index (κ2) is 8.91. The molecule has 1 aromatic heterocycles. The average molecular weight is 437 g/mol. The van der Waals surface area contributed by atoms with Gasteiger partial charge in [-0.1, -0.05) is 50.3 Å². The number of anilines is 1. The number of hydrogen-bond acceptors (Lipinski definition) is 2. The largest absolute Gasteiger partial charge is 0.573 e. The minimum atomic E-state index is -4.74. The smallest absolute Gasteiger partial charge is 0.399 e. The summed E-state index contributed by atoms with van der Waals surface area (Å²) in [4.78, 5) is 2.21. The molecule has 3 aromatic rings. The van der Waals surface area contributed by atoms with Crippen molar-refractivity contribution in [2.75, 3.05) is 11.4 Å². The number of nitrogens with zero attached hydrogens (tertiary/aromatic N) is 2. The molecule has 0 fully saturated rings. The molecule has 0 N–H and O–H groups in total. The van der Waals surface area contributed by atoms with Gasteiger partial charge in [-0.2, -0.15) is 4.57 Å². The first-order valence-corrected chi connectivity index (χ1v) is 10.4. The van der Waals surface area contributed by atoms with Crippen LogP contribution in [0.1, 0.15) is 30.9 Å². The normalized spacial score (nSPS) is 13.9. The van der Waals surface area contributed by atoms with Crippen molar-refractivity contribution >= 4 is 11.3 Å². The van der Waals surface area contributed by atoms with Crippen LogP contribution in [0.5, 0.6) is 5.75 Å². The van der Waals surface area contributed by atoms with Crippen LogP contribution in [0.15, 0.2) is 91.4 Å². The number of ether oxygens (including phenoxy) is 1. The van der Waals surface area contributed by atoms with Gasteiger partial charge < -0.3 is 9.64 Å². The Kier molecular flexibility index (Phi) is 6.04. The predicted octanol–water partition coefficient (Wildman–Crippen LogP) is 6.40. The third-order valence-corrected chi connectivity index (χ3v) is 5.34. The number of para-hydroxylation sites is 3. The highest BCUT2D eigenvalue weighted by molar-refractivity contribution is 5.77. The molecule has 0 unspecified atom stereocenters. The topological polar surface area (TPSA) is 16.4 Å². The summed E-state index contributed by atoms with van der Waals surface area (Å²) < 4.78 is 43.9. The molecule has 0 saturated heterocycles. The number of halogens is 3. The van der Waals surface area contributed by atoms with E-state index in [1.165, 1.54) is 23.4 Å². The molecule has 0 saturated carbocycles. The number of aromatic nitrogens is 1. The van der Waals surface area contributed by atoms with Crippen molar-refractivity contribution in [3.8, 4) is 11.4 Å². The molecular weight excluding hydrogens is 413 g/mol. The fraction of sp³-hybridized carbons (Fsp3) is 0.192. The molecule has 0 spiro atoms. The summed E-state index contributed by atoms with van der Waals surface area (Å²) in [5, 5.41) is 0. The quantitative estimate of drug-likeness (QED) is 0.429. The van der Waals surface area contributed by atoms with Crippen LogP contribution in [-0.2, 0) is 0 Å². The highest BCUT2D eigenvalue weighted by Crippen LogP contribution is 2.30. The monoisotopic (exact) mass is 437 g/mol. The van der Waals surface area contributed by atoms with Crippen molar-refractivity contribution < 1.29 is 22.5 Å². The molecule has 1 aliphatic rings. The zero-order valence-corrected chi connectivity index (χ0v) is 17.9. The van der Waals surface area contributed by atoms with Crippen LogP contribution < -0.4 is 14.2 Å². The molecule has 32 heavy (non-hydrogen) atoms. The Morgan fingerprint density at radius 2 is 1.62 bits per heavy atom. The van der Waals surface area contributed by atoms with Crippen molar-refractivity contribution in [1.29, 1.82) is 0 Å². The lowest BCUT2D eigenvalue weighted by molar-refractivity contribution is -0.596. The van der Waals surface area contributed by atoms with E-state index in [4.69, 9.17) is 0 Å². The van der Waals surface area contributed by atoms with E-state index < -0.39 is 6.36 Å². The van der Waals surface area contributed by atoms with Crippen LogP contribution in [0.25, 0.3) is 11.3 Å². The van der Waals surface area contributed by atoms with Crippen molar-refractivity contribution in [1.82, 2.24) is 0 Å². The van der Waals surface area contributed by atoms with Gasteiger partial charge in [-0.3, -0.25) is 0 Å². The van der Waals surface area contributed by atoms with E-state index in [1.54, 1.807) is 29.1 Å². The third kappa shape index (κ3) is 4.85. The van der Waals surface area contributed by atoms with Crippen LogP contribution in [0.3, 0.4) is 0 Å². The van der Waals surface area contributed by atoms with E-state index in [0.717, 1.165) is 17.7 Å². The minimum absolute atomic E-state index is 0.242. The first-order valence-electron chi connectivity index (χ1n) is 10.4. The Labute approximate surface area is 185 Å². The molecule has 0 aliphatic carbocycles. The molecule has 1 aliphatic heterocycles. The summed E-state index contributed by atoms with van der Waals surface area (Å²) in [6, 6.07) is 18.2. The summed E-state index contributed by atoms with van der Waals surface area (Å²) in [5.74, 6) is 0.188. The Morgan fingerprint density at radius 1 is 0.938 bits per heavy atom. The van der Waals surface area contributed by atoms with Crippen LogP contribution in [-0.4, -0.2) is 12.9 Å². The molecule has 0 atom stereocenters. The molecule has 3 nitrogen and oxygen atoms in total. The Hall–Kier alpha value is -3.54. The maximum absolute atomic E-state index is 12.7. The lowest BCUT2D eigenvalue weighted by Gasteiger charge is -2.26. The molecular formula is C26H24F3N2O+. The summed E-state index contributed by atoms with van der Waals surface area (Å²) in [6.07, 6.45) is 5.02. The van der Waals surface area contributed by atoms with Crippen LogP contribution in [0.4, 0.5) is 18.9 Å². The molecule has 4 rings (SSSR count). The average Bonchev–Trinajstić information content (AvgIpc) is 2.79. The second-order valence-electron chi connectivity index (χ2n) is 7.85. The first kappa shape index (κ1) is 21.7. The Bertz CT molecular complexity index is 1150. The molecule has 0 bridgehead atoms. The van der Waals surface area contributed by atoms with Crippen LogP contribution >= 0.6 is 0 Å². The summed E-state index contributed by atoms with van der Waals surface area (Å²) in [6.45, 7) is 5.11. The van der Waals surface area contributed by atoms with E-state index in [1.807, 2.05) is 18.2 Å². The number of benzene rings is 2. The lowest BCUT2D eigenvalue weighted by atomic mass is 9.99. The molecule has 164 valence electrons. The molecule has 2 heterocycles. The summed E-state index contributed by atoms with van der Waals surface area (Å²) in [5.41, 5.74) is 4.87. The zero-order valence-electron chi connectivity index (χ0n) is 17.9.